The second kappa shape index (κ2) is 5.06. The van der Waals surface area contributed by atoms with Gasteiger partial charge in [0.2, 0.25) is 0 Å². The largest absolute Gasteiger partial charge is 0.397 e. The zero-order chi connectivity index (χ0) is 12.4. The number of anilines is 2. The smallest absolute Gasteiger partial charge is 0.171 e. The molecule has 0 atom stereocenters. The highest BCUT2D eigenvalue weighted by Crippen LogP contribution is 2.31. The first kappa shape index (κ1) is 12.4. The van der Waals surface area contributed by atoms with Crippen molar-refractivity contribution < 1.29 is 9.90 Å². The number of hydrogen-bond acceptors (Lipinski definition) is 5. The van der Waals surface area contributed by atoms with Gasteiger partial charge in [0, 0.05) is 13.0 Å². The number of aliphatic hydroxyl groups is 1. The fraction of sp³-hybridized carbons (Fsp3) is 0.583. The third-order valence-electron chi connectivity index (χ3n) is 3.12. The van der Waals surface area contributed by atoms with Gasteiger partial charge in [-0.1, -0.05) is 0 Å². The molecule has 0 aromatic carbocycles. The van der Waals surface area contributed by atoms with E-state index in [0.717, 1.165) is 30.7 Å². The summed E-state index contributed by atoms with van der Waals surface area (Å²) in [6, 6.07) is 2.21. The molecule has 4 N–H and O–H groups in total. The molecule has 0 unspecified atom stereocenters. The van der Waals surface area contributed by atoms with E-state index in [2.05, 4.69) is 5.32 Å². The molecule has 5 heteroatoms. The summed E-state index contributed by atoms with van der Waals surface area (Å²) in [4.78, 5) is 11.9. The summed E-state index contributed by atoms with van der Waals surface area (Å²) < 4.78 is 0. The number of carbonyl (C=O) groups is 1. The molecular weight excluding hydrogens is 236 g/mol. The standard InChI is InChI=1S/C12H18N2O2S/c1-7(15)12-10(13)6-11(17-12)14-8-2-4-9(16)5-3-8/h6,8-9,14,16H,2-5,13H2,1H3. The van der Waals surface area contributed by atoms with Crippen LogP contribution in [0.1, 0.15) is 42.3 Å². The minimum absolute atomic E-state index is 0.0135. The number of Topliss-reactive ketones (excluding diaryl/α,β-unsaturated/α-hetero) is 1. The van der Waals surface area contributed by atoms with E-state index < -0.39 is 0 Å². The van der Waals surface area contributed by atoms with Crippen molar-refractivity contribution >= 4 is 27.8 Å². The van der Waals surface area contributed by atoms with Gasteiger partial charge in [-0.15, -0.1) is 11.3 Å². The Balaban J connectivity index is 1.99. The lowest BCUT2D eigenvalue weighted by Crippen LogP contribution is -2.27. The van der Waals surface area contributed by atoms with Crippen molar-refractivity contribution in [1.29, 1.82) is 0 Å². The van der Waals surface area contributed by atoms with E-state index in [1.807, 2.05) is 6.07 Å². The highest BCUT2D eigenvalue weighted by atomic mass is 32.1. The molecule has 1 aromatic rings. The van der Waals surface area contributed by atoms with Gasteiger partial charge in [-0.3, -0.25) is 4.79 Å². The maximum absolute atomic E-state index is 11.3. The number of carbonyl (C=O) groups excluding carboxylic acids is 1. The molecule has 1 heterocycles. The SMILES string of the molecule is CC(=O)c1sc(NC2CCC(O)CC2)cc1N. The zero-order valence-corrected chi connectivity index (χ0v) is 10.7. The lowest BCUT2D eigenvalue weighted by molar-refractivity contribution is 0.102. The van der Waals surface area contributed by atoms with Crippen LogP contribution in [0.5, 0.6) is 0 Å². The number of hydrogen-bond donors (Lipinski definition) is 3. The van der Waals surface area contributed by atoms with Crippen LogP contribution in [0.25, 0.3) is 0 Å². The Labute approximate surface area is 105 Å². The molecule has 1 saturated carbocycles. The van der Waals surface area contributed by atoms with Gasteiger partial charge in [-0.05, 0) is 31.7 Å². The second-order valence-electron chi connectivity index (χ2n) is 4.60. The average molecular weight is 254 g/mol. The number of ketones is 1. The highest BCUT2D eigenvalue weighted by Gasteiger charge is 2.20. The van der Waals surface area contributed by atoms with Gasteiger partial charge in [-0.25, -0.2) is 0 Å². The quantitative estimate of drug-likeness (QED) is 0.723. The Morgan fingerprint density at radius 2 is 2.12 bits per heavy atom. The van der Waals surface area contributed by atoms with E-state index >= 15 is 0 Å². The van der Waals surface area contributed by atoms with Gasteiger partial charge >= 0.3 is 0 Å². The molecule has 0 radical (unpaired) electrons. The highest BCUT2D eigenvalue weighted by molar-refractivity contribution is 7.18. The van der Waals surface area contributed by atoms with E-state index in [0.29, 0.717) is 16.6 Å². The Morgan fingerprint density at radius 1 is 1.47 bits per heavy atom. The summed E-state index contributed by atoms with van der Waals surface area (Å²) in [7, 11) is 0. The average Bonchev–Trinajstić information content (AvgIpc) is 2.63. The molecule has 1 aliphatic carbocycles. The predicted molar refractivity (Wildman–Crippen MR) is 70.6 cm³/mol. The van der Waals surface area contributed by atoms with Crippen molar-refractivity contribution in [2.24, 2.45) is 0 Å². The van der Waals surface area contributed by atoms with Crippen LogP contribution in [-0.4, -0.2) is 23.0 Å². The number of aliphatic hydroxyl groups excluding tert-OH is 1. The predicted octanol–water partition coefficient (Wildman–Crippen LogP) is 2.25. The van der Waals surface area contributed by atoms with Crippen molar-refractivity contribution in [2.45, 2.75) is 44.8 Å². The Morgan fingerprint density at radius 3 is 2.65 bits per heavy atom. The molecule has 1 fully saturated rings. The summed E-state index contributed by atoms with van der Waals surface area (Å²) in [6.45, 7) is 1.53. The number of nitrogens with one attached hydrogen (secondary N) is 1. The molecule has 17 heavy (non-hydrogen) atoms. The van der Waals surface area contributed by atoms with Crippen LogP contribution in [-0.2, 0) is 0 Å². The number of rotatable bonds is 3. The van der Waals surface area contributed by atoms with Crippen molar-refractivity contribution in [3.05, 3.63) is 10.9 Å². The minimum atomic E-state index is -0.144. The van der Waals surface area contributed by atoms with Crippen LogP contribution in [0.3, 0.4) is 0 Å². The maximum Gasteiger partial charge on any atom is 0.171 e. The Kier molecular flexibility index (Phi) is 3.69. The number of nitrogen functional groups attached to an aromatic ring is 1. The molecule has 0 spiro atoms. The zero-order valence-electron chi connectivity index (χ0n) is 9.90. The first-order chi connectivity index (χ1) is 8.06. The van der Waals surface area contributed by atoms with E-state index in [9.17, 15) is 9.90 Å². The van der Waals surface area contributed by atoms with Crippen LogP contribution in [0.2, 0.25) is 0 Å². The number of nitrogens with two attached hydrogens (primary N) is 1. The lowest BCUT2D eigenvalue weighted by Gasteiger charge is -2.26. The van der Waals surface area contributed by atoms with Crippen molar-refractivity contribution in [3.8, 4) is 0 Å². The van der Waals surface area contributed by atoms with Gasteiger partial charge in [-0.2, -0.15) is 0 Å². The normalized spacial score (nSPS) is 24.6. The molecule has 0 aliphatic heterocycles. The van der Waals surface area contributed by atoms with Crippen molar-refractivity contribution in [2.75, 3.05) is 11.1 Å². The van der Waals surface area contributed by atoms with Crippen molar-refractivity contribution in [1.82, 2.24) is 0 Å². The molecule has 0 amide bonds. The summed E-state index contributed by atoms with van der Waals surface area (Å²) in [6.07, 6.45) is 3.48. The molecule has 0 bridgehead atoms. The van der Waals surface area contributed by atoms with E-state index in [4.69, 9.17) is 5.73 Å². The lowest BCUT2D eigenvalue weighted by atomic mass is 9.93. The van der Waals surface area contributed by atoms with E-state index in [-0.39, 0.29) is 11.9 Å². The topological polar surface area (TPSA) is 75.3 Å². The van der Waals surface area contributed by atoms with E-state index in [1.54, 1.807) is 0 Å². The van der Waals surface area contributed by atoms with Gasteiger partial charge in [0.05, 0.1) is 21.7 Å². The molecule has 1 aromatic heterocycles. The fourth-order valence-corrected chi connectivity index (χ4v) is 3.12. The molecule has 0 saturated heterocycles. The Bertz CT molecular complexity index is 409. The maximum atomic E-state index is 11.3. The molecule has 2 rings (SSSR count). The summed E-state index contributed by atoms with van der Waals surface area (Å²) in [5.74, 6) is 0.0135. The molecule has 94 valence electrons. The summed E-state index contributed by atoms with van der Waals surface area (Å²) in [5, 5.41) is 13.8. The van der Waals surface area contributed by atoms with Gasteiger partial charge in [0.25, 0.3) is 0 Å². The second-order valence-corrected chi connectivity index (χ2v) is 5.65. The fourth-order valence-electron chi connectivity index (χ4n) is 2.17. The monoisotopic (exact) mass is 254 g/mol. The molecule has 1 aliphatic rings. The first-order valence-corrected chi connectivity index (χ1v) is 6.72. The molecule has 4 nitrogen and oxygen atoms in total. The van der Waals surface area contributed by atoms with Crippen molar-refractivity contribution in [3.63, 3.8) is 0 Å². The third-order valence-corrected chi connectivity index (χ3v) is 4.31. The van der Waals surface area contributed by atoms with E-state index in [1.165, 1.54) is 18.3 Å². The molecular formula is C12H18N2O2S. The first-order valence-electron chi connectivity index (χ1n) is 5.91. The van der Waals surface area contributed by atoms with Crippen LogP contribution in [0.15, 0.2) is 6.07 Å². The Hall–Kier alpha value is -1.07. The minimum Gasteiger partial charge on any atom is -0.397 e. The van der Waals surface area contributed by atoms with Gasteiger partial charge < -0.3 is 16.2 Å². The van der Waals surface area contributed by atoms with Crippen LogP contribution in [0.4, 0.5) is 10.7 Å². The van der Waals surface area contributed by atoms with Gasteiger partial charge in [0.15, 0.2) is 5.78 Å². The third kappa shape index (κ3) is 2.98. The van der Waals surface area contributed by atoms with Gasteiger partial charge in [0.1, 0.15) is 0 Å². The van der Waals surface area contributed by atoms with Crippen LogP contribution < -0.4 is 11.1 Å². The number of thiophene rings is 1. The summed E-state index contributed by atoms with van der Waals surface area (Å²) >= 11 is 1.41. The van der Waals surface area contributed by atoms with Crippen LogP contribution >= 0.6 is 11.3 Å². The van der Waals surface area contributed by atoms with Crippen LogP contribution in [0, 0.1) is 0 Å². The summed E-state index contributed by atoms with van der Waals surface area (Å²) in [5.41, 5.74) is 6.34.